The molecule has 0 saturated carbocycles. The molecule has 2 aromatic carbocycles. The molecular formula is C22H16ClF3N4OS. The van der Waals surface area contributed by atoms with Crippen molar-refractivity contribution >= 4 is 51.1 Å². The summed E-state index contributed by atoms with van der Waals surface area (Å²) in [6, 6.07) is 13.9. The SMILES string of the molecule is O=C(Nc1cccc2ccccc12)c1nn2c(c1Cl)N[C@H](c1cccs1)C[C@H]2C(F)(F)F. The summed E-state index contributed by atoms with van der Waals surface area (Å²) in [5.74, 6) is -0.689. The number of amides is 1. The fraction of sp³-hybridized carbons (Fsp3) is 0.182. The van der Waals surface area contributed by atoms with E-state index >= 15 is 0 Å². The molecule has 2 aromatic heterocycles. The van der Waals surface area contributed by atoms with Gasteiger partial charge in [-0.15, -0.1) is 11.3 Å². The molecule has 0 bridgehead atoms. The van der Waals surface area contributed by atoms with Gasteiger partial charge in [-0.05, 0) is 22.9 Å². The van der Waals surface area contributed by atoms with Gasteiger partial charge >= 0.3 is 6.18 Å². The van der Waals surface area contributed by atoms with Crippen molar-refractivity contribution in [3.8, 4) is 0 Å². The fourth-order valence-corrected chi connectivity index (χ4v) is 4.98. The Kier molecular flexibility index (Phi) is 5.10. The molecule has 0 fully saturated rings. The molecule has 32 heavy (non-hydrogen) atoms. The molecule has 0 radical (unpaired) electrons. The molecule has 0 unspecified atom stereocenters. The van der Waals surface area contributed by atoms with E-state index in [1.807, 2.05) is 30.3 Å². The van der Waals surface area contributed by atoms with Crippen LogP contribution in [0.25, 0.3) is 10.8 Å². The van der Waals surface area contributed by atoms with E-state index in [4.69, 9.17) is 11.6 Å². The third-order valence-corrected chi connectivity index (χ3v) is 6.78. The molecule has 164 valence electrons. The maximum absolute atomic E-state index is 13.9. The minimum Gasteiger partial charge on any atom is -0.361 e. The third kappa shape index (κ3) is 3.61. The van der Waals surface area contributed by atoms with Crippen LogP contribution in [0.15, 0.2) is 60.0 Å². The number of halogens is 4. The first-order chi connectivity index (χ1) is 15.3. The lowest BCUT2D eigenvalue weighted by Crippen LogP contribution is -2.35. The molecule has 3 heterocycles. The summed E-state index contributed by atoms with van der Waals surface area (Å²) in [4.78, 5) is 13.7. The van der Waals surface area contributed by atoms with Gasteiger partial charge in [0.15, 0.2) is 11.7 Å². The highest BCUT2D eigenvalue weighted by atomic mass is 35.5. The van der Waals surface area contributed by atoms with Crippen LogP contribution in [-0.2, 0) is 0 Å². The molecule has 2 N–H and O–H groups in total. The van der Waals surface area contributed by atoms with E-state index in [1.165, 1.54) is 11.3 Å². The maximum Gasteiger partial charge on any atom is 0.410 e. The predicted octanol–water partition coefficient (Wildman–Crippen LogP) is 6.66. The van der Waals surface area contributed by atoms with Crippen LogP contribution >= 0.6 is 22.9 Å². The average molecular weight is 477 g/mol. The lowest BCUT2D eigenvalue weighted by Gasteiger charge is -2.32. The van der Waals surface area contributed by atoms with Crippen molar-refractivity contribution in [2.75, 3.05) is 10.6 Å². The zero-order chi connectivity index (χ0) is 22.5. The normalized spacial score (nSPS) is 18.2. The number of alkyl halides is 3. The number of benzene rings is 2. The topological polar surface area (TPSA) is 59.0 Å². The van der Waals surface area contributed by atoms with Gasteiger partial charge in [-0.1, -0.05) is 54.1 Å². The van der Waals surface area contributed by atoms with E-state index in [9.17, 15) is 18.0 Å². The molecule has 10 heteroatoms. The van der Waals surface area contributed by atoms with E-state index in [0.29, 0.717) is 5.69 Å². The van der Waals surface area contributed by atoms with Gasteiger partial charge in [-0.25, -0.2) is 4.68 Å². The molecule has 0 saturated heterocycles. The van der Waals surface area contributed by atoms with Gasteiger partial charge in [0.1, 0.15) is 10.8 Å². The van der Waals surface area contributed by atoms with Crippen LogP contribution in [0.5, 0.6) is 0 Å². The molecule has 2 atom stereocenters. The molecule has 0 spiro atoms. The highest BCUT2D eigenvalue weighted by Gasteiger charge is 2.48. The Morgan fingerprint density at radius 3 is 2.69 bits per heavy atom. The molecule has 5 rings (SSSR count). The van der Waals surface area contributed by atoms with Crippen LogP contribution in [0, 0.1) is 0 Å². The quantitative estimate of drug-likeness (QED) is 0.347. The van der Waals surface area contributed by atoms with Crippen LogP contribution < -0.4 is 10.6 Å². The number of anilines is 2. The van der Waals surface area contributed by atoms with Gasteiger partial charge in [-0.3, -0.25) is 4.79 Å². The minimum atomic E-state index is -4.55. The third-order valence-electron chi connectivity index (χ3n) is 5.44. The standard InChI is InChI=1S/C22H16ClF3N4OS/c23-18-19(21(31)28-14-8-3-6-12-5-1-2-7-13(12)14)29-30-17(22(24,25)26)11-15(27-20(18)30)16-9-4-10-32-16/h1-10,15,17,27H,11H2,(H,28,31)/t15-,17-/m0/s1. The first kappa shape index (κ1) is 20.8. The predicted molar refractivity (Wildman–Crippen MR) is 120 cm³/mol. The molecule has 0 aliphatic carbocycles. The van der Waals surface area contributed by atoms with Crippen molar-refractivity contribution in [2.45, 2.75) is 24.7 Å². The zero-order valence-electron chi connectivity index (χ0n) is 16.4. The Hall–Kier alpha value is -3.04. The summed E-state index contributed by atoms with van der Waals surface area (Å²) in [6.07, 6.45) is -4.80. The van der Waals surface area contributed by atoms with E-state index in [2.05, 4.69) is 15.7 Å². The van der Waals surface area contributed by atoms with Crippen LogP contribution in [0.4, 0.5) is 24.7 Å². The highest BCUT2D eigenvalue weighted by molar-refractivity contribution is 7.10. The second-order valence-corrected chi connectivity index (χ2v) is 8.80. The number of nitrogens with one attached hydrogen (secondary N) is 2. The van der Waals surface area contributed by atoms with Crippen molar-refractivity contribution in [1.82, 2.24) is 9.78 Å². The van der Waals surface area contributed by atoms with Crippen molar-refractivity contribution in [3.63, 3.8) is 0 Å². The van der Waals surface area contributed by atoms with Gasteiger partial charge in [0.25, 0.3) is 5.91 Å². The number of carbonyl (C=O) groups is 1. The monoisotopic (exact) mass is 476 g/mol. The van der Waals surface area contributed by atoms with Gasteiger partial charge in [0.05, 0.1) is 6.04 Å². The van der Waals surface area contributed by atoms with Gasteiger partial charge in [0, 0.05) is 22.4 Å². The zero-order valence-corrected chi connectivity index (χ0v) is 17.9. The van der Waals surface area contributed by atoms with Crippen molar-refractivity contribution < 1.29 is 18.0 Å². The van der Waals surface area contributed by atoms with E-state index in [0.717, 1.165) is 20.3 Å². The van der Waals surface area contributed by atoms with Crippen molar-refractivity contribution in [3.05, 3.63) is 75.6 Å². The second kappa shape index (κ2) is 7.83. The van der Waals surface area contributed by atoms with Crippen LogP contribution in [-0.4, -0.2) is 21.9 Å². The van der Waals surface area contributed by atoms with Crippen molar-refractivity contribution in [1.29, 1.82) is 0 Å². The minimum absolute atomic E-state index is 0.0123. The number of hydrogen-bond donors (Lipinski definition) is 2. The van der Waals surface area contributed by atoms with Crippen LogP contribution in [0.1, 0.15) is 33.9 Å². The Morgan fingerprint density at radius 2 is 1.94 bits per heavy atom. The summed E-state index contributed by atoms with van der Waals surface area (Å²) < 4.78 is 42.4. The number of hydrogen-bond acceptors (Lipinski definition) is 4. The number of thiophene rings is 1. The van der Waals surface area contributed by atoms with E-state index < -0.39 is 24.2 Å². The highest BCUT2D eigenvalue weighted by Crippen LogP contribution is 2.46. The Labute approximate surface area is 189 Å². The van der Waals surface area contributed by atoms with Gasteiger partial charge < -0.3 is 10.6 Å². The first-order valence-electron chi connectivity index (χ1n) is 9.76. The number of nitrogens with zero attached hydrogens (tertiary/aromatic N) is 2. The molecule has 5 nitrogen and oxygen atoms in total. The molecule has 4 aromatic rings. The Balaban J connectivity index is 1.52. The van der Waals surface area contributed by atoms with E-state index in [-0.39, 0.29) is 23.0 Å². The van der Waals surface area contributed by atoms with Crippen LogP contribution in [0.3, 0.4) is 0 Å². The summed E-state index contributed by atoms with van der Waals surface area (Å²) >= 11 is 7.75. The lowest BCUT2D eigenvalue weighted by molar-refractivity contribution is -0.173. The first-order valence-corrected chi connectivity index (χ1v) is 11.0. The lowest BCUT2D eigenvalue weighted by atomic mass is 10.0. The summed E-state index contributed by atoms with van der Waals surface area (Å²) in [5, 5.41) is 13.1. The number of aromatic nitrogens is 2. The summed E-state index contributed by atoms with van der Waals surface area (Å²) in [7, 11) is 0. The average Bonchev–Trinajstić information content (AvgIpc) is 3.41. The molecule has 1 amide bonds. The smallest absolute Gasteiger partial charge is 0.361 e. The molecular weight excluding hydrogens is 461 g/mol. The largest absolute Gasteiger partial charge is 0.410 e. The summed E-state index contributed by atoms with van der Waals surface area (Å²) in [6.45, 7) is 0. The van der Waals surface area contributed by atoms with Gasteiger partial charge in [0.2, 0.25) is 0 Å². The maximum atomic E-state index is 13.9. The Morgan fingerprint density at radius 1 is 1.16 bits per heavy atom. The molecule has 1 aliphatic rings. The Bertz CT molecular complexity index is 1300. The summed E-state index contributed by atoms with van der Waals surface area (Å²) in [5.41, 5.74) is 0.259. The number of rotatable bonds is 3. The van der Waals surface area contributed by atoms with Gasteiger partial charge in [-0.2, -0.15) is 18.3 Å². The number of carbonyl (C=O) groups excluding carboxylic acids is 1. The number of fused-ring (bicyclic) bond motifs is 2. The van der Waals surface area contributed by atoms with Crippen molar-refractivity contribution in [2.24, 2.45) is 0 Å². The fourth-order valence-electron chi connectivity index (χ4n) is 3.93. The van der Waals surface area contributed by atoms with E-state index in [1.54, 1.807) is 29.6 Å². The second-order valence-electron chi connectivity index (χ2n) is 7.44. The molecule has 1 aliphatic heterocycles. The van der Waals surface area contributed by atoms with Crippen LogP contribution in [0.2, 0.25) is 5.02 Å².